The maximum Gasteiger partial charge on any atom is 0.273 e. The Hall–Kier alpha value is -3.22. The van der Waals surface area contributed by atoms with E-state index in [-0.39, 0.29) is 17.8 Å². The van der Waals surface area contributed by atoms with Gasteiger partial charge in [-0.2, -0.15) is 5.10 Å². The number of carbonyl (C=O) groups excluding carboxylic acids is 1. The first kappa shape index (κ1) is 15.1. The quantitative estimate of drug-likeness (QED) is 0.604. The molecule has 0 aliphatic carbocycles. The maximum atomic E-state index is 13.4. The smallest absolute Gasteiger partial charge is 0.273 e. The van der Waals surface area contributed by atoms with Crippen molar-refractivity contribution in [3.63, 3.8) is 0 Å². The monoisotopic (exact) mass is 349 g/mol. The number of likely N-dealkylation sites (tertiary alicyclic amines) is 1. The van der Waals surface area contributed by atoms with E-state index in [1.165, 1.54) is 12.1 Å². The number of fused-ring (bicyclic) bond motifs is 2. The fourth-order valence-electron chi connectivity index (χ4n) is 3.71. The molecule has 4 aromatic rings. The Bertz CT molecular complexity index is 1130. The first-order valence-corrected chi connectivity index (χ1v) is 8.59. The van der Waals surface area contributed by atoms with Crippen LogP contribution in [-0.2, 0) is 0 Å². The topological polar surface area (TPSA) is 66.3 Å². The Morgan fingerprint density at radius 3 is 3.08 bits per heavy atom. The summed E-state index contributed by atoms with van der Waals surface area (Å²) in [7, 11) is 0. The van der Waals surface area contributed by atoms with Crippen molar-refractivity contribution in [1.29, 1.82) is 0 Å². The number of hydrogen-bond acceptors (Lipinski definition) is 3. The SMILES string of the molecule is O=C(c1cccc2ccnn12)N1CCC[C@H]1c1nc2ccc(F)cc2[nH]1. The molecule has 1 aliphatic rings. The zero-order valence-electron chi connectivity index (χ0n) is 13.9. The van der Waals surface area contributed by atoms with Gasteiger partial charge in [-0.1, -0.05) is 6.07 Å². The van der Waals surface area contributed by atoms with Crippen molar-refractivity contribution < 1.29 is 9.18 Å². The Morgan fingerprint density at radius 1 is 1.23 bits per heavy atom. The third-order valence-electron chi connectivity index (χ3n) is 4.93. The van der Waals surface area contributed by atoms with Crippen LogP contribution in [0.2, 0.25) is 0 Å². The Morgan fingerprint density at radius 2 is 2.15 bits per heavy atom. The van der Waals surface area contributed by atoms with Gasteiger partial charge in [-0.15, -0.1) is 0 Å². The lowest BCUT2D eigenvalue weighted by molar-refractivity contribution is 0.0721. The molecule has 26 heavy (non-hydrogen) atoms. The number of H-pyrrole nitrogens is 1. The number of benzene rings is 1. The van der Waals surface area contributed by atoms with Crippen LogP contribution in [0.3, 0.4) is 0 Å². The molecule has 1 aliphatic heterocycles. The van der Waals surface area contributed by atoms with Crippen molar-refractivity contribution in [2.45, 2.75) is 18.9 Å². The molecule has 5 rings (SSSR count). The highest BCUT2D eigenvalue weighted by Gasteiger charge is 2.33. The number of pyridine rings is 1. The van der Waals surface area contributed by atoms with Gasteiger partial charge in [-0.05, 0) is 49.2 Å². The molecular formula is C19H16FN5O. The minimum atomic E-state index is -0.308. The van der Waals surface area contributed by atoms with Crippen molar-refractivity contribution in [2.24, 2.45) is 0 Å². The van der Waals surface area contributed by atoms with Gasteiger partial charge in [0.05, 0.1) is 28.8 Å². The second-order valence-corrected chi connectivity index (χ2v) is 6.52. The summed E-state index contributed by atoms with van der Waals surface area (Å²) in [4.78, 5) is 22.8. The summed E-state index contributed by atoms with van der Waals surface area (Å²) in [5, 5.41) is 4.26. The minimum Gasteiger partial charge on any atom is -0.340 e. The Balaban J connectivity index is 1.53. The Kier molecular flexibility index (Phi) is 3.28. The van der Waals surface area contributed by atoms with Gasteiger partial charge < -0.3 is 9.88 Å². The molecule has 0 spiro atoms. The van der Waals surface area contributed by atoms with Crippen molar-refractivity contribution in [2.75, 3.05) is 6.54 Å². The molecule has 1 amide bonds. The number of nitrogens with zero attached hydrogens (tertiary/aromatic N) is 4. The summed E-state index contributed by atoms with van der Waals surface area (Å²) >= 11 is 0. The van der Waals surface area contributed by atoms with E-state index in [4.69, 9.17) is 0 Å². The number of nitrogens with one attached hydrogen (secondary N) is 1. The standard InChI is InChI=1S/C19H16FN5O/c20-12-6-7-14-15(11-12)23-18(22-14)16-5-2-10-24(16)19(26)17-4-1-3-13-8-9-21-25(13)17/h1,3-4,6-9,11,16H,2,5,10H2,(H,22,23)/t16-/m0/s1. The predicted molar refractivity (Wildman–Crippen MR) is 94.3 cm³/mol. The molecule has 4 heterocycles. The molecule has 1 saturated heterocycles. The maximum absolute atomic E-state index is 13.4. The first-order valence-electron chi connectivity index (χ1n) is 8.59. The zero-order chi connectivity index (χ0) is 17.7. The third kappa shape index (κ3) is 2.28. The highest BCUT2D eigenvalue weighted by molar-refractivity contribution is 5.93. The number of aromatic amines is 1. The minimum absolute atomic E-state index is 0.0755. The summed E-state index contributed by atoms with van der Waals surface area (Å²) in [5.74, 6) is 0.315. The molecular weight excluding hydrogens is 333 g/mol. The average Bonchev–Trinajstić information content (AvgIpc) is 3.37. The normalized spacial score (nSPS) is 17.4. The lowest BCUT2D eigenvalue weighted by Gasteiger charge is -2.23. The molecule has 0 unspecified atom stereocenters. The summed E-state index contributed by atoms with van der Waals surface area (Å²) in [6, 6.07) is 11.7. The second kappa shape index (κ2) is 5.66. The van der Waals surface area contributed by atoms with Gasteiger partial charge in [-0.25, -0.2) is 13.9 Å². The number of halogens is 1. The van der Waals surface area contributed by atoms with Gasteiger partial charge in [0.25, 0.3) is 5.91 Å². The number of hydrogen-bond donors (Lipinski definition) is 1. The van der Waals surface area contributed by atoms with Crippen LogP contribution in [-0.4, -0.2) is 36.9 Å². The van der Waals surface area contributed by atoms with Gasteiger partial charge in [0.15, 0.2) is 0 Å². The zero-order valence-corrected chi connectivity index (χ0v) is 13.9. The number of carbonyl (C=O) groups is 1. The van der Waals surface area contributed by atoms with Crippen molar-refractivity contribution in [3.05, 3.63) is 66.0 Å². The molecule has 1 aromatic carbocycles. The molecule has 1 N–H and O–H groups in total. The van der Waals surface area contributed by atoms with Gasteiger partial charge >= 0.3 is 0 Å². The van der Waals surface area contributed by atoms with E-state index in [1.807, 2.05) is 23.1 Å². The van der Waals surface area contributed by atoms with Gasteiger partial charge in [0.1, 0.15) is 17.3 Å². The summed E-state index contributed by atoms with van der Waals surface area (Å²) in [6.45, 7) is 0.659. The van der Waals surface area contributed by atoms with Gasteiger partial charge in [0, 0.05) is 6.54 Å². The molecule has 0 saturated carbocycles. The van der Waals surface area contributed by atoms with E-state index in [9.17, 15) is 9.18 Å². The number of aromatic nitrogens is 4. The predicted octanol–water partition coefficient (Wildman–Crippen LogP) is 3.33. The van der Waals surface area contributed by atoms with Crippen LogP contribution >= 0.6 is 0 Å². The number of imidazole rings is 1. The summed E-state index contributed by atoms with van der Waals surface area (Å²) in [6.07, 6.45) is 3.40. The van der Waals surface area contributed by atoms with Crippen LogP contribution in [0.1, 0.15) is 35.2 Å². The molecule has 3 aromatic heterocycles. The molecule has 1 atom stereocenters. The Labute approximate surface area is 148 Å². The van der Waals surface area contributed by atoms with E-state index < -0.39 is 0 Å². The second-order valence-electron chi connectivity index (χ2n) is 6.52. The van der Waals surface area contributed by atoms with Crippen LogP contribution in [0.4, 0.5) is 4.39 Å². The summed E-state index contributed by atoms with van der Waals surface area (Å²) < 4.78 is 15.1. The van der Waals surface area contributed by atoms with E-state index in [0.717, 1.165) is 18.4 Å². The molecule has 0 radical (unpaired) electrons. The highest BCUT2D eigenvalue weighted by Crippen LogP contribution is 2.32. The number of amides is 1. The van der Waals surface area contributed by atoms with Crippen LogP contribution in [0.5, 0.6) is 0 Å². The summed E-state index contributed by atoms with van der Waals surface area (Å²) in [5.41, 5.74) is 2.76. The largest absolute Gasteiger partial charge is 0.340 e. The molecule has 6 nitrogen and oxygen atoms in total. The lowest BCUT2D eigenvalue weighted by atomic mass is 10.2. The van der Waals surface area contributed by atoms with E-state index >= 15 is 0 Å². The van der Waals surface area contributed by atoms with E-state index in [0.29, 0.717) is 29.1 Å². The average molecular weight is 349 g/mol. The van der Waals surface area contributed by atoms with Crippen LogP contribution in [0.15, 0.2) is 48.7 Å². The van der Waals surface area contributed by atoms with E-state index in [2.05, 4.69) is 15.1 Å². The van der Waals surface area contributed by atoms with Crippen LogP contribution < -0.4 is 0 Å². The lowest BCUT2D eigenvalue weighted by Crippen LogP contribution is -2.32. The van der Waals surface area contributed by atoms with Gasteiger partial charge in [0.2, 0.25) is 0 Å². The van der Waals surface area contributed by atoms with Crippen molar-refractivity contribution in [3.8, 4) is 0 Å². The molecule has 7 heteroatoms. The molecule has 1 fully saturated rings. The highest BCUT2D eigenvalue weighted by atomic mass is 19.1. The fourth-order valence-corrected chi connectivity index (χ4v) is 3.71. The first-order chi connectivity index (χ1) is 12.7. The van der Waals surface area contributed by atoms with Gasteiger partial charge in [-0.3, -0.25) is 4.79 Å². The van der Waals surface area contributed by atoms with E-state index in [1.54, 1.807) is 22.8 Å². The van der Waals surface area contributed by atoms with Crippen molar-refractivity contribution in [1.82, 2.24) is 24.5 Å². The van der Waals surface area contributed by atoms with Crippen LogP contribution in [0, 0.1) is 5.82 Å². The van der Waals surface area contributed by atoms with Crippen molar-refractivity contribution >= 4 is 22.5 Å². The van der Waals surface area contributed by atoms with Crippen LogP contribution in [0.25, 0.3) is 16.6 Å². The molecule has 130 valence electrons. The third-order valence-corrected chi connectivity index (χ3v) is 4.93. The molecule has 0 bridgehead atoms. The fraction of sp³-hybridized carbons (Fsp3) is 0.211. The number of rotatable bonds is 2.